The van der Waals surface area contributed by atoms with Crippen molar-refractivity contribution in [1.82, 2.24) is 16.0 Å². The number of hydrogen-bond acceptors (Lipinski definition) is 8. The number of ether oxygens (including phenoxy) is 1. The van der Waals surface area contributed by atoms with Crippen LogP contribution in [0.2, 0.25) is 0 Å². The van der Waals surface area contributed by atoms with Crippen molar-refractivity contribution in [1.29, 1.82) is 0 Å². The molecule has 224 valence electrons. The number of thiophene rings is 1. The van der Waals surface area contributed by atoms with Gasteiger partial charge < -0.3 is 31.7 Å². The topological polar surface area (TPSA) is 169 Å². The van der Waals surface area contributed by atoms with Crippen LogP contribution in [0.15, 0.2) is 24.3 Å². The van der Waals surface area contributed by atoms with Gasteiger partial charge in [0.25, 0.3) is 5.91 Å². The fourth-order valence-electron chi connectivity index (χ4n) is 3.91. The van der Waals surface area contributed by atoms with Crippen LogP contribution in [0, 0.1) is 18.7 Å². The average molecular weight is 592 g/mol. The molecule has 13 heteroatoms. The highest BCUT2D eigenvalue weighted by molar-refractivity contribution is 7.18. The van der Waals surface area contributed by atoms with E-state index in [9.17, 15) is 28.4 Å². The van der Waals surface area contributed by atoms with Gasteiger partial charge in [0, 0.05) is 13.1 Å². The Morgan fingerprint density at radius 3 is 2.15 bits per heavy atom. The molecule has 1 heterocycles. The molecule has 11 nitrogen and oxygen atoms in total. The van der Waals surface area contributed by atoms with Crippen molar-refractivity contribution in [3.8, 4) is 0 Å². The summed E-state index contributed by atoms with van der Waals surface area (Å²) >= 11 is 0.921. The van der Waals surface area contributed by atoms with Crippen LogP contribution in [0.3, 0.4) is 0 Å². The number of hydrogen-bond donors (Lipinski definition) is 5. The molecule has 2 rings (SSSR count). The highest BCUT2D eigenvalue weighted by atomic mass is 32.1. The number of rotatable bonds is 13. The lowest BCUT2D eigenvalue weighted by molar-refractivity contribution is -0.129. The second-order valence-corrected chi connectivity index (χ2v) is 10.8. The Bertz CT molecular complexity index is 1260. The smallest absolute Gasteiger partial charge is 0.341 e. The van der Waals surface area contributed by atoms with Crippen molar-refractivity contribution in [3.63, 3.8) is 0 Å². The van der Waals surface area contributed by atoms with E-state index in [1.54, 1.807) is 27.7 Å². The highest BCUT2D eigenvalue weighted by Crippen LogP contribution is 2.35. The Kier molecular flexibility index (Phi) is 12.4. The molecule has 1 unspecified atom stereocenters. The summed E-state index contributed by atoms with van der Waals surface area (Å²) in [4.78, 5) is 63.2. The van der Waals surface area contributed by atoms with Crippen LogP contribution >= 0.6 is 11.3 Å². The first kappa shape index (κ1) is 33.4. The molecule has 41 heavy (non-hydrogen) atoms. The minimum Gasteiger partial charge on any atom is -0.465 e. The molecule has 1 aromatic carbocycles. The fraction of sp³-hybridized carbons (Fsp3) is 0.464. The lowest BCUT2D eigenvalue weighted by Crippen LogP contribution is -2.52. The minimum atomic E-state index is -0.821. The molecule has 3 atom stereocenters. The predicted octanol–water partition coefficient (Wildman–Crippen LogP) is 2.45. The first-order valence-electron chi connectivity index (χ1n) is 13.2. The van der Waals surface area contributed by atoms with Gasteiger partial charge in [-0.05, 0) is 49.4 Å². The molecule has 0 fully saturated rings. The molecule has 6 N–H and O–H groups in total. The maximum Gasteiger partial charge on any atom is 0.341 e. The van der Waals surface area contributed by atoms with E-state index in [0.717, 1.165) is 11.3 Å². The Balaban J connectivity index is 2.06. The van der Waals surface area contributed by atoms with Crippen LogP contribution in [0.4, 0.5) is 9.39 Å². The van der Waals surface area contributed by atoms with Crippen molar-refractivity contribution in [3.05, 3.63) is 51.7 Å². The summed E-state index contributed by atoms with van der Waals surface area (Å²) in [7, 11) is 1.20. The van der Waals surface area contributed by atoms with Gasteiger partial charge in [0.15, 0.2) is 0 Å². The third kappa shape index (κ3) is 8.82. The number of nitrogens with one attached hydrogen (secondary N) is 4. The standard InChI is InChI=1S/C28H38FN5O6S/c1-7-19(17-8-10-18(29)11-9-17)24(36)34-27-20(28(39)40-6)15(4)22(41-27)26(38)32-13-12-31-23(35)16(5)33-25(37)21(30)14(2)3/h8-11,14,16,19,21H,7,12-13,30H2,1-6H3,(H,31,35)(H,32,38)(H,33,37)(H,34,36)/t16-,19?,21-/m0/s1. The average Bonchev–Trinajstić information content (AvgIpc) is 3.26. The van der Waals surface area contributed by atoms with Crippen molar-refractivity contribution < 1.29 is 33.1 Å². The molecule has 2 aromatic rings. The quantitative estimate of drug-likeness (QED) is 0.176. The molecular formula is C28H38FN5O6S. The zero-order valence-corrected chi connectivity index (χ0v) is 24.9. The molecular weight excluding hydrogens is 553 g/mol. The predicted molar refractivity (Wildman–Crippen MR) is 154 cm³/mol. The Labute approximate surface area is 242 Å². The Hall–Kier alpha value is -3.84. The van der Waals surface area contributed by atoms with E-state index in [0.29, 0.717) is 17.5 Å². The second-order valence-electron chi connectivity index (χ2n) is 9.80. The molecule has 0 saturated carbocycles. The first-order chi connectivity index (χ1) is 19.3. The number of esters is 1. The lowest BCUT2D eigenvalue weighted by atomic mass is 9.95. The molecule has 4 amide bonds. The maximum absolute atomic E-state index is 13.4. The highest BCUT2D eigenvalue weighted by Gasteiger charge is 2.28. The molecule has 0 spiro atoms. The zero-order chi connectivity index (χ0) is 30.9. The largest absolute Gasteiger partial charge is 0.465 e. The van der Waals surface area contributed by atoms with Crippen LogP contribution < -0.4 is 27.0 Å². The molecule has 0 radical (unpaired) electrons. The van der Waals surface area contributed by atoms with Gasteiger partial charge in [0.2, 0.25) is 17.7 Å². The van der Waals surface area contributed by atoms with Crippen LogP contribution in [-0.4, -0.2) is 61.9 Å². The summed E-state index contributed by atoms with van der Waals surface area (Å²) in [6.07, 6.45) is 0.418. The van der Waals surface area contributed by atoms with Crippen molar-refractivity contribution >= 4 is 45.9 Å². The molecule has 1 aromatic heterocycles. The summed E-state index contributed by atoms with van der Waals surface area (Å²) in [6.45, 7) is 8.64. The number of nitrogens with two attached hydrogens (primary N) is 1. The SMILES string of the molecule is CCC(C(=O)Nc1sc(C(=O)NCCNC(=O)[C@H](C)NC(=O)[C@@H](N)C(C)C)c(C)c1C(=O)OC)c1ccc(F)cc1. The van der Waals surface area contributed by atoms with E-state index >= 15 is 0 Å². The summed E-state index contributed by atoms with van der Waals surface area (Å²) in [6, 6.07) is 4.03. The normalized spacial score (nSPS) is 13.1. The van der Waals surface area contributed by atoms with E-state index < -0.39 is 53.4 Å². The zero-order valence-electron chi connectivity index (χ0n) is 24.1. The van der Waals surface area contributed by atoms with Gasteiger partial charge in [-0.15, -0.1) is 11.3 Å². The first-order valence-corrected chi connectivity index (χ1v) is 14.0. The number of benzene rings is 1. The summed E-state index contributed by atoms with van der Waals surface area (Å²) in [5, 5.41) is 10.7. The summed E-state index contributed by atoms with van der Waals surface area (Å²) in [5.74, 6) is -3.65. The van der Waals surface area contributed by atoms with Gasteiger partial charge in [-0.1, -0.05) is 32.9 Å². The van der Waals surface area contributed by atoms with Gasteiger partial charge in [0.05, 0.1) is 29.5 Å². The van der Waals surface area contributed by atoms with E-state index in [-0.39, 0.29) is 34.4 Å². The molecule has 0 aliphatic rings. The molecule has 0 bridgehead atoms. The van der Waals surface area contributed by atoms with E-state index in [4.69, 9.17) is 10.5 Å². The second kappa shape index (κ2) is 15.2. The van der Waals surface area contributed by atoms with Gasteiger partial charge in [-0.25, -0.2) is 9.18 Å². The number of methoxy groups -OCH3 is 1. The number of carbonyl (C=O) groups excluding carboxylic acids is 5. The third-order valence-electron chi connectivity index (χ3n) is 6.46. The fourth-order valence-corrected chi connectivity index (χ4v) is 5.02. The van der Waals surface area contributed by atoms with E-state index in [2.05, 4.69) is 21.3 Å². The van der Waals surface area contributed by atoms with Crippen LogP contribution in [0.1, 0.15) is 71.2 Å². The van der Waals surface area contributed by atoms with Crippen LogP contribution in [0.5, 0.6) is 0 Å². The lowest BCUT2D eigenvalue weighted by Gasteiger charge is -2.19. The Morgan fingerprint density at radius 2 is 1.59 bits per heavy atom. The monoisotopic (exact) mass is 591 g/mol. The van der Waals surface area contributed by atoms with Crippen molar-refractivity contribution in [2.75, 3.05) is 25.5 Å². The number of carbonyl (C=O) groups is 5. The molecule has 0 saturated heterocycles. The number of amides is 4. The van der Waals surface area contributed by atoms with Gasteiger partial charge in [-0.2, -0.15) is 0 Å². The van der Waals surface area contributed by atoms with E-state index in [1.807, 2.05) is 0 Å². The maximum atomic E-state index is 13.4. The summed E-state index contributed by atoms with van der Waals surface area (Å²) < 4.78 is 18.2. The van der Waals surface area contributed by atoms with Gasteiger partial charge in [-0.3, -0.25) is 19.2 Å². The Morgan fingerprint density at radius 1 is 0.976 bits per heavy atom. The molecule has 0 aliphatic heterocycles. The van der Waals surface area contributed by atoms with Gasteiger partial charge >= 0.3 is 5.97 Å². The van der Waals surface area contributed by atoms with Crippen LogP contribution in [-0.2, 0) is 19.1 Å². The van der Waals surface area contributed by atoms with Crippen LogP contribution in [0.25, 0.3) is 0 Å². The number of anilines is 1. The van der Waals surface area contributed by atoms with Gasteiger partial charge in [0.1, 0.15) is 16.9 Å². The minimum absolute atomic E-state index is 0.0578. The summed E-state index contributed by atoms with van der Waals surface area (Å²) in [5.41, 5.74) is 6.79. The van der Waals surface area contributed by atoms with E-state index in [1.165, 1.54) is 38.3 Å². The number of halogens is 1. The molecule has 0 aliphatic carbocycles. The third-order valence-corrected chi connectivity index (χ3v) is 7.67. The van der Waals surface area contributed by atoms with Crippen molar-refractivity contribution in [2.45, 2.75) is 59.0 Å². The van der Waals surface area contributed by atoms with Crippen molar-refractivity contribution in [2.24, 2.45) is 11.7 Å².